The lowest BCUT2D eigenvalue weighted by Crippen LogP contribution is -2.39. The molecule has 0 bridgehead atoms. The number of rotatable bonds is 4. The van der Waals surface area contributed by atoms with E-state index in [2.05, 4.69) is 10.5 Å². The minimum Gasteiger partial charge on any atom is -0.360 e. The molecule has 13 heavy (non-hydrogen) atoms. The van der Waals surface area contributed by atoms with Gasteiger partial charge in [-0.25, -0.2) is 0 Å². The van der Waals surface area contributed by atoms with E-state index in [0.717, 1.165) is 0 Å². The van der Waals surface area contributed by atoms with Crippen LogP contribution in [-0.2, 0) is 11.3 Å². The van der Waals surface area contributed by atoms with Crippen LogP contribution in [0.4, 0.5) is 0 Å². The second kappa shape index (κ2) is 4.61. The summed E-state index contributed by atoms with van der Waals surface area (Å²) in [6.07, 6.45) is 2.16. The van der Waals surface area contributed by atoms with Crippen molar-refractivity contribution in [1.82, 2.24) is 10.5 Å². The molecule has 0 fully saturated rings. The molecular weight excluding hydrogens is 170 g/mol. The smallest absolute Gasteiger partial charge is 0.237 e. The SMILES string of the molecule is CC[C@@H](N)C(=O)NCc1ccno1. The van der Waals surface area contributed by atoms with E-state index in [9.17, 15) is 4.79 Å². The van der Waals surface area contributed by atoms with E-state index < -0.39 is 6.04 Å². The number of nitrogens with one attached hydrogen (secondary N) is 1. The number of aromatic nitrogens is 1. The second-order valence-corrected chi connectivity index (χ2v) is 2.71. The normalized spacial score (nSPS) is 12.5. The van der Waals surface area contributed by atoms with Crippen molar-refractivity contribution in [3.63, 3.8) is 0 Å². The zero-order valence-corrected chi connectivity index (χ0v) is 7.49. The topological polar surface area (TPSA) is 81.2 Å². The van der Waals surface area contributed by atoms with E-state index in [1.807, 2.05) is 6.92 Å². The van der Waals surface area contributed by atoms with Gasteiger partial charge in [-0.2, -0.15) is 0 Å². The van der Waals surface area contributed by atoms with Crippen LogP contribution in [0.2, 0.25) is 0 Å². The van der Waals surface area contributed by atoms with Gasteiger partial charge in [0.1, 0.15) is 0 Å². The van der Waals surface area contributed by atoms with E-state index in [0.29, 0.717) is 18.7 Å². The number of nitrogens with zero attached hydrogens (tertiary/aromatic N) is 1. The highest BCUT2D eigenvalue weighted by molar-refractivity contribution is 5.81. The minimum atomic E-state index is -0.442. The molecule has 0 saturated carbocycles. The molecule has 1 atom stereocenters. The highest BCUT2D eigenvalue weighted by atomic mass is 16.5. The van der Waals surface area contributed by atoms with Gasteiger partial charge in [-0.3, -0.25) is 4.79 Å². The fraction of sp³-hybridized carbons (Fsp3) is 0.500. The van der Waals surface area contributed by atoms with Gasteiger partial charge in [0.25, 0.3) is 0 Å². The molecule has 72 valence electrons. The fourth-order valence-electron chi connectivity index (χ4n) is 0.824. The van der Waals surface area contributed by atoms with Crippen molar-refractivity contribution in [2.75, 3.05) is 0 Å². The van der Waals surface area contributed by atoms with Crippen molar-refractivity contribution in [2.24, 2.45) is 5.73 Å². The van der Waals surface area contributed by atoms with Crippen LogP contribution in [-0.4, -0.2) is 17.1 Å². The number of hydrogen-bond acceptors (Lipinski definition) is 4. The van der Waals surface area contributed by atoms with Crippen molar-refractivity contribution in [2.45, 2.75) is 25.9 Å². The van der Waals surface area contributed by atoms with E-state index in [4.69, 9.17) is 10.3 Å². The summed E-state index contributed by atoms with van der Waals surface area (Å²) in [5, 5.41) is 6.15. The molecule has 0 aliphatic rings. The quantitative estimate of drug-likeness (QED) is 0.690. The summed E-state index contributed by atoms with van der Waals surface area (Å²) in [6.45, 7) is 2.20. The van der Waals surface area contributed by atoms with Crippen molar-refractivity contribution < 1.29 is 9.32 Å². The molecule has 0 aromatic carbocycles. The van der Waals surface area contributed by atoms with E-state index in [1.165, 1.54) is 6.20 Å². The average molecular weight is 183 g/mol. The molecule has 0 unspecified atom stereocenters. The lowest BCUT2D eigenvalue weighted by atomic mass is 10.2. The van der Waals surface area contributed by atoms with Crippen molar-refractivity contribution in [3.05, 3.63) is 18.0 Å². The Bertz CT molecular complexity index is 258. The summed E-state index contributed by atoms with van der Waals surface area (Å²) in [4.78, 5) is 11.2. The summed E-state index contributed by atoms with van der Waals surface area (Å²) >= 11 is 0. The molecule has 0 aliphatic carbocycles. The first-order chi connectivity index (χ1) is 6.24. The van der Waals surface area contributed by atoms with Gasteiger partial charge in [-0.1, -0.05) is 12.1 Å². The predicted octanol–water partition coefficient (Wildman–Crippen LogP) is 0.0281. The molecule has 1 rings (SSSR count). The highest BCUT2D eigenvalue weighted by Gasteiger charge is 2.10. The van der Waals surface area contributed by atoms with E-state index >= 15 is 0 Å². The third-order valence-corrected chi connectivity index (χ3v) is 1.70. The standard InChI is InChI=1S/C8H13N3O2/c1-2-7(9)8(12)10-5-6-3-4-11-13-6/h3-4,7H,2,5,9H2,1H3,(H,10,12)/t7-/m1/s1. The molecule has 5 nitrogen and oxygen atoms in total. The maximum absolute atomic E-state index is 11.2. The maximum atomic E-state index is 11.2. The Kier molecular flexibility index (Phi) is 3.45. The molecule has 0 radical (unpaired) electrons. The molecule has 3 N–H and O–H groups in total. The predicted molar refractivity (Wildman–Crippen MR) is 46.6 cm³/mol. The molecule has 0 spiro atoms. The fourth-order valence-corrected chi connectivity index (χ4v) is 0.824. The number of hydrogen-bond donors (Lipinski definition) is 2. The first-order valence-electron chi connectivity index (χ1n) is 4.17. The Morgan fingerprint density at radius 2 is 2.62 bits per heavy atom. The van der Waals surface area contributed by atoms with Crippen molar-refractivity contribution >= 4 is 5.91 Å². The monoisotopic (exact) mass is 183 g/mol. The second-order valence-electron chi connectivity index (χ2n) is 2.71. The van der Waals surface area contributed by atoms with Crippen LogP contribution in [0, 0.1) is 0 Å². The van der Waals surface area contributed by atoms with Crippen molar-refractivity contribution in [1.29, 1.82) is 0 Å². The van der Waals surface area contributed by atoms with Crippen LogP contribution < -0.4 is 11.1 Å². The molecule has 5 heteroatoms. The Morgan fingerprint density at radius 1 is 1.85 bits per heavy atom. The molecule has 0 saturated heterocycles. The Morgan fingerprint density at radius 3 is 3.15 bits per heavy atom. The zero-order valence-electron chi connectivity index (χ0n) is 7.49. The van der Waals surface area contributed by atoms with Crippen LogP contribution in [0.3, 0.4) is 0 Å². The van der Waals surface area contributed by atoms with Gasteiger partial charge >= 0.3 is 0 Å². The zero-order chi connectivity index (χ0) is 9.68. The van der Waals surface area contributed by atoms with Gasteiger partial charge in [0.15, 0.2) is 5.76 Å². The van der Waals surface area contributed by atoms with Crippen molar-refractivity contribution in [3.8, 4) is 0 Å². The molecular formula is C8H13N3O2. The van der Waals surface area contributed by atoms with Gasteiger partial charge in [0.05, 0.1) is 18.8 Å². The summed E-state index contributed by atoms with van der Waals surface area (Å²) in [5.74, 6) is 0.454. The molecule has 1 aromatic heterocycles. The summed E-state index contributed by atoms with van der Waals surface area (Å²) in [5.41, 5.74) is 5.50. The number of carbonyl (C=O) groups excluding carboxylic acids is 1. The van der Waals surface area contributed by atoms with Crippen LogP contribution in [0.5, 0.6) is 0 Å². The van der Waals surface area contributed by atoms with Crippen LogP contribution in [0.15, 0.2) is 16.8 Å². The Labute approximate surface area is 76.3 Å². The lowest BCUT2D eigenvalue weighted by molar-refractivity contribution is -0.122. The van der Waals surface area contributed by atoms with Crippen LogP contribution in [0.1, 0.15) is 19.1 Å². The van der Waals surface area contributed by atoms with Gasteiger partial charge in [-0.05, 0) is 6.42 Å². The number of amides is 1. The van der Waals surface area contributed by atoms with Gasteiger partial charge in [0, 0.05) is 6.07 Å². The Hall–Kier alpha value is -1.36. The van der Waals surface area contributed by atoms with E-state index in [-0.39, 0.29) is 5.91 Å². The summed E-state index contributed by atoms with van der Waals surface area (Å²) in [7, 11) is 0. The Balaban J connectivity index is 2.31. The summed E-state index contributed by atoms with van der Waals surface area (Å²) in [6, 6.07) is 1.25. The number of carbonyl (C=O) groups is 1. The molecule has 0 aliphatic heterocycles. The van der Waals surface area contributed by atoms with E-state index in [1.54, 1.807) is 6.07 Å². The molecule has 1 aromatic rings. The lowest BCUT2D eigenvalue weighted by Gasteiger charge is -2.07. The molecule has 1 heterocycles. The third-order valence-electron chi connectivity index (χ3n) is 1.70. The van der Waals surface area contributed by atoms with Crippen LogP contribution >= 0.6 is 0 Å². The first-order valence-corrected chi connectivity index (χ1v) is 4.17. The largest absolute Gasteiger partial charge is 0.360 e. The summed E-state index contributed by atoms with van der Waals surface area (Å²) < 4.78 is 4.79. The van der Waals surface area contributed by atoms with Gasteiger partial charge in [0.2, 0.25) is 5.91 Å². The maximum Gasteiger partial charge on any atom is 0.237 e. The third kappa shape index (κ3) is 2.87. The average Bonchev–Trinajstić information content (AvgIpc) is 2.65. The minimum absolute atomic E-state index is 0.168. The molecule has 1 amide bonds. The van der Waals surface area contributed by atoms with Crippen LogP contribution in [0.25, 0.3) is 0 Å². The number of nitrogens with two attached hydrogens (primary N) is 1. The first kappa shape index (κ1) is 9.73. The van der Waals surface area contributed by atoms with Gasteiger partial charge in [-0.15, -0.1) is 0 Å². The van der Waals surface area contributed by atoms with Gasteiger partial charge < -0.3 is 15.6 Å². The highest BCUT2D eigenvalue weighted by Crippen LogP contribution is 1.95.